The molecule has 0 aliphatic carbocycles. The monoisotopic (exact) mass is 324 g/mol. The predicted octanol–water partition coefficient (Wildman–Crippen LogP) is 0.960. The van der Waals surface area contributed by atoms with Crippen LogP contribution in [-0.4, -0.2) is 56.7 Å². The van der Waals surface area contributed by atoms with Crippen molar-refractivity contribution in [3.05, 3.63) is 42.5 Å². The molecule has 0 fully saturated rings. The van der Waals surface area contributed by atoms with Crippen molar-refractivity contribution in [2.45, 2.75) is 0 Å². The van der Waals surface area contributed by atoms with Crippen LogP contribution in [0.5, 0.6) is 5.75 Å². The number of esters is 2. The van der Waals surface area contributed by atoms with Gasteiger partial charge < -0.3 is 24.1 Å². The summed E-state index contributed by atoms with van der Waals surface area (Å²) in [4.78, 5) is 22.3. The maximum absolute atomic E-state index is 11.5. The molecule has 0 radical (unpaired) electrons. The van der Waals surface area contributed by atoms with Crippen LogP contribution in [0.25, 0.3) is 0 Å². The van der Waals surface area contributed by atoms with Gasteiger partial charge in [-0.15, -0.1) is 0 Å². The molecule has 1 aromatic rings. The van der Waals surface area contributed by atoms with Crippen LogP contribution in [0.3, 0.4) is 0 Å². The number of hydrogen-bond acceptors (Lipinski definition) is 7. The Balaban J connectivity index is 2.17. The van der Waals surface area contributed by atoms with E-state index in [2.05, 4.69) is 6.58 Å². The molecule has 0 aliphatic heterocycles. The van der Waals surface area contributed by atoms with E-state index in [1.165, 1.54) is 0 Å². The molecular weight excluding hydrogens is 304 g/mol. The highest BCUT2D eigenvalue weighted by Crippen LogP contribution is 2.12. The Bertz CT molecular complexity index is 496. The first kappa shape index (κ1) is 18.7. The zero-order valence-electron chi connectivity index (χ0n) is 12.7. The lowest BCUT2D eigenvalue weighted by molar-refractivity contribution is -0.139. The molecule has 0 spiro atoms. The van der Waals surface area contributed by atoms with Gasteiger partial charge in [0.15, 0.2) is 0 Å². The molecule has 0 heterocycles. The fourth-order valence-electron chi connectivity index (χ4n) is 1.49. The van der Waals surface area contributed by atoms with Crippen molar-refractivity contribution in [3.63, 3.8) is 0 Å². The van der Waals surface area contributed by atoms with Crippen LogP contribution in [-0.2, 0) is 19.0 Å². The van der Waals surface area contributed by atoms with Gasteiger partial charge in [-0.2, -0.15) is 0 Å². The van der Waals surface area contributed by atoms with E-state index in [0.29, 0.717) is 24.5 Å². The standard InChI is InChI=1S/C16H20O7/c1-2-15(18)22-12-10-20-9-11-21-14-5-3-13(4-6-14)16(19)23-8-7-17/h2-6,17H,1,7-12H2. The third kappa shape index (κ3) is 7.98. The molecule has 0 amide bonds. The zero-order valence-corrected chi connectivity index (χ0v) is 12.7. The SMILES string of the molecule is C=CC(=O)OCCOCCOc1ccc(C(=O)OCCO)cc1. The first-order valence-corrected chi connectivity index (χ1v) is 7.05. The van der Waals surface area contributed by atoms with Gasteiger partial charge >= 0.3 is 11.9 Å². The third-order valence-corrected chi connectivity index (χ3v) is 2.55. The quantitative estimate of drug-likeness (QED) is 0.368. The second-order valence-electron chi connectivity index (χ2n) is 4.22. The highest BCUT2D eigenvalue weighted by molar-refractivity contribution is 5.89. The van der Waals surface area contributed by atoms with Gasteiger partial charge in [0.1, 0.15) is 25.6 Å². The molecule has 1 N–H and O–H groups in total. The maximum Gasteiger partial charge on any atom is 0.338 e. The molecule has 0 saturated heterocycles. The topological polar surface area (TPSA) is 91.3 Å². The highest BCUT2D eigenvalue weighted by Gasteiger charge is 2.06. The highest BCUT2D eigenvalue weighted by atomic mass is 16.6. The normalized spacial score (nSPS) is 9.96. The molecule has 1 aromatic carbocycles. The predicted molar refractivity (Wildman–Crippen MR) is 81.3 cm³/mol. The van der Waals surface area contributed by atoms with E-state index in [-0.39, 0.29) is 26.4 Å². The van der Waals surface area contributed by atoms with Crippen LogP contribution in [0.1, 0.15) is 10.4 Å². The molecule has 1 rings (SSSR count). The number of aliphatic hydroxyl groups is 1. The number of ether oxygens (including phenoxy) is 4. The molecule has 0 aromatic heterocycles. The van der Waals surface area contributed by atoms with Crippen molar-refractivity contribution in [2.24, 2.45) is 0 Å². The molecular formula is C16H20O7. The minimum absolute atomic E-state index is 0.0312. The van der Waals surface area contributed by atoms with Crippen molar-refractivity contribution in [3.8, 4) is 5.75 Å². The summed E-state index contributed by atoms with van der Waals surface area (Å²) in [6, 6.07) is 6.43. The van der Waals surface area contributed by atoms with Gasteiger partial charge in [0, 0.05) is 6.08 Å². The lowest BCUT2D eigenvalue weighted by atomic mass is 10.2. The summed E-state index contributed by atoms with van der Waals surface area (Å²) < 4.78 is 20.2. The number of carbonyl (C=O) groups is 2. The summed E-state index contributed by atoms with van der Waals surface area (Å²) >= 11 is 0. The van der Waals surface area contributed by atoms with Gasteiger partial charge in [-0.3, -0.25) is 0 Å². The van der Waals surface area contributed by atoms with Crippen LogP contribution in [0.2, 0.25) is 0 Å². The van der Waals surface area contributed by atoms with E-state index in [0.717, 1.165) is 6.08 Å². The number of carbonyl (C=O) groups excluding carboxylic acids is 2. The Morgan fingerprint density at radius 3 is 2.35 bits per heavy atom. The van der Waals surface area contributed by atoms with Crippen molar-refractivity contribution >= 4 is 11.9 Å². The fraction of sp³-hybridized carbons (Fsp3) is 0.375. The first-order chi connectivity index (χ1) is 11.2. The lowest BCUT2D eigenvalue weighted by Gasteiger charge is -2.08. The van der Waals surface area contributed by atoms with Crippen LogP contribution in [0.4, 0.5) is 0 Å². The molecule has 7 nitrogen and oxygen atoms in total. The number of aliphatic hydroxyl groups excluding tert-OH is 1. The van der Waals surface area contributed by atoms with E-state index in [4.69, 9.17) is 24.1 Å². The second-order valence-corrected chi connectivity index (χ2v) is 4.22. The van der Waals surface area contributed by atoms with Crippen LogP contribution in [0.15, 0.2) is 36.9 Å². The summed E-state index contributed by atoms with van der Waals surface area (Å²) in [6.45, 7) is 4.14. The van der Waals surface area contributed by atoms with Crippen LogP contribution >= 0.6 is 0 Å². The average molecular weight is 324 g/mol. The molecule has 126 valence electrons. The maximum atomic E-state index is 11.5. The minimum atomic E-state index is -0.497. The van der Waals surface area contributed by atoms with Gasteiger partial charge in [-0.05, 0) is 24.3 Å². The first-order valence-electron chi connectivity index (χ1n) is 7.05. The van der Waals surface area contributed by atoms with Crippen LogP contribution < -0.4 is 4.74 Å². The van der Waals surface area contributed by atoms with E-state index in [9.17, 15) is 9.59 Å². The fourth-order valence-corrected chi connectivity index (χ4v) is 1.49. The zero-order chi connectivity index (χ0) is 16.9. The van der Waals surface area contributed by atoms with Crippen LogP contribution in [0, 0.1) is 0 Å². The third-order valence-electron chi connectivity index (χ3n) is 2.55. The largest absolute Gasteiger partial charge is 0.491 e. The Kier molecular flexibility index (Phi) is 9.11. The molecule has 23 heavy (non-hydrogen) atoms. The van der Waals surface area contributed by atoms with Gasteiger partial charge in [0.05, 0.1) is 25.4 Å². The Hall–Kier alpha value is -2.38. The summed E-state index contributed by atoms with van der Waals surface area (Å²) in [5, 5.41) is 8.58. The number of hydrogen-bond donors (Lipinski definition) is 1. The van der Waals surface area contributed by atoms with Crippen molar-refractivity contribution in [1.82, 2.24) is 0 Å². The number of rotatable bonds is 11. The smallest absolute Gasteiger partial charge is 0.338 e. The Labute approximate surface area is 134 Å². The van der Waals surface area contributed by atoms with Crippen molar-refractivity contribution in [1.29, 1.82) is 0 Å². The van der Waals surface area contributed by atoms with E-state index in [1.54, 1.807) is 24.3 Å². The molecule has 0 unspecified atom stereocenters. The minimum Gasteiger partial charge on any atom is -0.491 e. The van der Waals surface area contributed by atoms with Gasteiger partial charge in [0.2, 0.25) is 0 Å². The lowest BCUT2D eigenvalue weighted by Crippen LogP contribution is -2.12. The van der Waals surface area contributed by atoms with Gasteiger partial charge in [-0.1, -0.05) is 6.58 Å². The second kappa shape index (κ2) is 11.2. The molecule has 0 aliphatic rings. The van der Waals surface area contributed by atoms with Crippen molar-refractivity contribution < 1.29 is 33.6 Å². The summed E-state index contributed by atoms with van der Waals surface area (Å²) in [5.41, 5.74) is 0.381. The summed E-state index contributed by atoms with van der Waals surface area (Å²) in [5.74, 6) is -0.393. The van der Waals surface area contributed by atoms with E-state index < -0.39 is 11.9 Å². The number of benzene rings is 1. The molecule has 0 saturated carbocycles. The van der Waals surface area contributed by atoms with E-state index >= 15 is 0 Å². The molecule has 0 bridgehead atoms. The molecule has 7 heteroatoms. The Morgan fingerprint density at radius 2 is 1.70 bits per heavy atom. The van der Waals surface area contributed by atoms with E-state index in [1.807, 2.05) is 0 Å². The molecule has 0 atom stereocenters. The summed E-state index contributed by atoms with van der Waals surface area (Å²) in [7, 11) is 0. The summed E-state index contributed by atoms with van der Waals surface area (Å²) in [6.07, 6.45) is 1.09. The average Bonchev–Trinajstić information content (AvgIpc) is 2.59. The van der Waals surface area contributed by atoms with Crippen molar-refractivity contribution in [2.75, 3.05) is 39.6 Å². The van der Waals surface area contributed by atoms with Gasteiger partial charge in [-0.25, -0.2) is 9.59 Å². The van der Waals surface area contributed by atoms with Gasteiger partial charge in [0.25, 0.3) is 0 Å². The Morgan fingerprint density at radius 1 is 1.00 bits per heavy atom.